The molecule has 5 rings (SSSR count). The third-order valence-electron chi connectivity index (χ3n) is 6.04. The number of benzene rings is 4. The molecule has 0 N–H and O–H groups in total. The van der Waals surface area contributed by atoms with Gasteiger partial charge in [-0.05, 0) is 41.8 Å². The van der Waals surface area contributed by atoms with Crippen LogP contribution in [0.3, 0.4) is 0 Å². The van der Waals surface area contributed by atoms with Crippen LogP contribution in [0, 0.1) is 0 Å². The first kappa shape index (κ1) is 21.4. The van der Waals surface area contributed by atoms with E-state index in [0.717, 1.165) is 5.39 Å². The van der Waals surface area contributed by atoms with Crippen LogP contribution in [0.15, 0.2) is 91.0 Å². The molecule has 0 fully saturated rings. The number of hydrogen-bond donors (Lipinski definition) is 0. The maximum Gasteiger partial charge on any atom is 0.261 e. The first-order chi connectivity index (χ1) is 16.6. The maximum atomic E-state index is 13.5. The minimum Gasteiger partial charge on any atom is -0.495 e. The summed E-state index contributed by atoms with van der Waals surface area (Å²) >= 11 is 0. The molecule has 0 saturated carbocycles. The van der Waals surface area contributed by atoms with Crippen molar-refractivity contribution in [2.24, 2.45) is 0 Å². The second kappa shape index (κ2) is 8.83. The molecule has 0 aromatic heterocycles. The van der Waals surface area contributed by atoms with Gasteiger partial charge in [-0.2, -0.15) is 0 Å². The fourth-order valence-electron chi connectivity index (χ4n) is 4.40. The highest BCUT2D eigenvalue weighted by Crippen LogP contribution is 2.31. The molecule has 6 nitrogen and oxygen atoms in total. The number of carbonyl (C=O) groups is 3. The van der Waals surface area contributed by atoms with Crippen molar-refractivity contribution >= 4 is 34.2 Å². The van der Waals surface area contributed by atoms with Crippen LogP contribution in [-0.4, -0.2) is 42.8 Å². The van der Waals surface area contributed by atoms with Gasteiger partial charge in [-0.15, -0.1) is 0 Å². The van der Waals surface area contributed by atoms with Crippen LogP contribution in [0.1, 0.15) is 31.1 Å². The third kappa shape index (κ3) is 3.59. The van der Waals surface area contributed by atoms with E-state index in [1.54, 1.807) is 60.5 Å². The van der Waals surface area contributed by atoms with Gasteiger partial charge in [0.1, 0.15) is 5.75 Å². The molecule has 0 saturated heterocycles. The van der Waals surface area contributed by atoms with E-state index in [1.165, 1.54) is 4.90 Å². The van der Waals surface area contributed by atoms with Crippen molar-refractivity contribution in [1.82, 2.24) is 4.90 Å². The minimum atomic E-state index is -0.360. The number of carbonyl (C=O) groups excluding carboxylic acids is 3. The molecule has 0 atom stereocenters. The highest BCUT2D eigenvalue weighted by molar-refractivity contribution is 6.25. The smallest absolute Gasteiger partial charge is 0.261 e. The fraction of sp³-hybridized carbons (Fsp3) is 0.107. The highest BCUT2D eigenvalue weighted by atomic mass is 16.5. The monoisotopic (exact) mass is 450 g/mol. The average molecular weight is 450 g/mol. The van der Waals surface area contributed by atoms with E-state index < -0.39 is 0 Å². The van der Waals surface area contributed by atoms with Crippen LogP contribution in [0.25, 0.3) is 10.8 Å². The van der Waals surface area contributed by atoms with Gasteiger partial charge in [-0.1, -0.05) is 54.6 Å². The Kier molecular flexibility index (Phi) is 5.55. The van der Waals surface area contributed by atoms with Crippen LogP contribution in [0.2, 0.25) is 0 Å². The molecule has 4 aromatic rings. The normalized spacial score (nSPS) is 12.7. The van der Waals surface area contributed by atoms with Crippen molar-refractivity contribution in [3.63, 3.8) is 0 Å². The molecule has 4 aromatic carbocycles. The van der Waals surface area contributed by atoms with Crippen molar-refractivity contribution in [3.05, 3.63) is 108 Å². The van der Waals surface area contributed by atoms with Crippen LogP contribution >= 0.6 is 0 Å². The van der Waals surface area contributed by atoms with Crippen molar-refractivity contribution in [1.29, 1.82) is 0 Å². The topological polar surface area (TPSA) is 66.9 Å². The van der Waals surface area contributed by atoms with Gasteiger partial charge >= 0.3 is 0 Å². The van der Waals surface area contributed by atoms with E-state index in [1.807, 2.05) is 42.5 Å². The second-order valence-electron chi connectivity index (χ2n) is 7.97. The zero-order valence-corrected chi connectivity index (χ0v) is 18.6. The number of hydrogen-bond acceptors (Lipinski definition) is 4. The zero-order chi connectivity index (χ0) is 23.7. The number of nitrogens with zero attached hydrogens (tertiary/aromatic N) is 2. The second-order valence-corrected chi connectivity index (χ2v) is 7.97. The summed E-state index contributed by atoms with van der Waals surface area (Å²) in [6, 6.07) is 27.0. The molecule has 168 valence electrons. The number of rotatable bonds is 6. The maximum absolute atomic E-state index is 13.5. The lowest BCUT2D eigenvalue weighted by Gasteiger charge is -2.30. The van der Waals surface area contributed by atoms with Gasteiger partial charge in [0.15, 0.2) is 0 Å². The van der Waals surface area contributed by atoms with Crippen LogP contribution in [0.5, 0.6) is 5.75 Å². The van der Waals surface area contributed by atoms with Gasteiger partial charge in [0.25, 0.3) is 17.7 Å². The van der Waals surface area contributed by atoms with Crippen LogP contribution in [-0.2, 0) is 0 Å². The molecule has 1 heterocycles. The predicted molar refractivity (Wildman–Crippen MR) is 130 cm³/mol. The number of amides is 3. The lowest BCUT2D eigenvalue weighted by molar-refractivity contribution is 0.0611. The number of imide groups is 1. The fourth-order valence-corrected chi connectivity index (χ4v) is 4.40. The molecule has 1 aliphatic heterocycles. The summed E-state index contributed by atoms with van der Waals surface area (Å²) in [5.74, 6) is -0.439. The Hall–Kier alpha value is -4.45. The Bertz CT molecular complexity index is 1360. The predicted octanol–water partition coefficient (Wildman–Crippen LogP) is 4.79. The van der Waals surface area contributed by atoms with Crippen molar-refractivity contribution in [2.45, 2.75) is 0 Å². The summed E-state index contributed by atoms with van der Waals surface area (Å²) < 4.78 is 5.49. The summed E-state index contributed by atoms with van der Waals surface area (Å²) in [6.07, 6.45) is 0. The molecule has 0 spiro atoms. The quantitative estimate of drug-likeness (QED) is 0.396. The molecule has 0 unspecified atom stereocenters. The largest absolute Gasteiger partial charge is 0.495 e. The molecular formula is C28H22N2O4. The van der Waals surface area contributed by atoms with Crippen LogP contribution in [0.4, 0.5) is 5.69 Å². The van der Waals surface area contributed by atoms with Gasteiger partial charge in [-0.25, -0.2) is 0 Å². The molecular weight excluding hydrogens is 428 g/mol. The van der Waals surface area contributed by atoms with Crippen molar-refractivity contribution in [2.75, 3.05) is 25.1 Å². The zero-order valence-electron chi connectivity index (χ0n) is 18.6. The Labute approximate surface area is 197 Å². The highest BCUT2D eigenvalue weighted by Gasteiger charge is 2.33. The SMILES string of the molecule is COc1ccccc1N(CCN1C(=O)c2cccc3cccc(c23)C1=O)C(=O)c1ccccc1. The van der Waals surface area contributed by atoms with E-state index >= 15 is 0 Å². The molecule has 0 aliphatic carbocycles. The van der Waals surface area contributed by atoms with Crippen molar-refractivity contribution in [3.8, 4) is 5.75 Å². The van der Waals surface area contributed by atoms with Gasteiger partial charge < -0.3 is 9.64 Å². The summed E-state index contributed by atoms with van der Waals surface area (Å²) in [6.45, 7) is 0.155. The molecule has 3 amide bonds. The van der Waals surface area contributed by atoms with Gasteiger partial charge in [0, 0.05) is 35.2 Å². The van der Waals surface area contributed by atoms with Gasteiger partial charge in [0.2, 0.25) is 0 Å². The lowest BCUT2D eigenvalue weighted by Crippen LogP contribution is -2.46. The Morgan fingerprint density at radius 3 is 2.06 bits per heavy atom. The molecule has 6 heteroatoms. The average Bonchev–Trinajstić information content (AvgIpc) is 2.89. The molecule has 34 heavy (non-hydrogen) atoms. The molecule has 1 aliphatic rings. The van der Waals surface area contributed by atoms with E-state index in [0.29, 0.717) is 33.5 Å². The van der Waals surface area contributed by atoms with E-state index in [9.17, 15) is 14.4 Å². The van der Waals surface area contributed by atoms with Crippen LogP contribution < -0.4 is 9.64 Å². The van der Waals surface area contributed by atoms with Gasteiger partial charge in [0.05, 0.1) is 12.8 Å². The molecule has 0 bridgehead atoms. The minimum absolute atomic E-state index is 0.0407. The third-order valence-corrected chi connectivity index (χ3v) is 6.04. The first-order valence-corrected chi connectivity index (χ1v) is 11.0. The number of anilines is 1. The standard InChI is InChI=1S/C28H22N2O4/c1-34-24-16-6-5-15-23(24)29(26(31)20-9-3-2-4-10-20)17-18-30-27(32)21-13-7-11-19-12-8-14-22(25(19)21)28(30)33/h2-16H,17-18H2,1H3. The Balaban J connectivity index is 1.50. The first-order valence-electron chi connectivity index (χ1n) is 11.0. The molecule has 0 radical (unpaired) electrons. The summed E-state index contributed by atoms with van der Waals surface area (Å²) in [7, 11) is 1.54. The summed E-state index contributed by atoms with van der Waals surface area (Å²) in [5.41, 5.74) is 2.05. The van der Waals surface area contributed by atoms with E-state index in [2.05, 4.69) is 0 Å². The lowest BCUT2D eigenvalue weighted by atomic mass is 9.94. The van der Waals surface area contributed by atoms with E-state index in [4.69, 9.17) is 4.74 Å². The van der Waals surface area contributed by atoms with Gasteiger partial charge in [-0.3, -0.25) is 19.3 Å². The van der Waals surface area contributed by atoms with E-state index in [-0.39, 0.29) is 30.8 Å². The Morgan fingerprint density at radius 1 is 0.794 bits per heavy atom. The summed E-state index contributed by atoms with van der Waals surface area (Å²) in [4.78, 5) is 42.9. The Morgan fingerprint density at radius 2 is 1.41 bits per heavy atom. The van der Waals surface area contributed by atoms with Crippen molar-refractivity contribution < 1.29 is 19.1 Å². The summed E-state index contributed by atoms with van der Waals surface area (Å²) in [5, 5.41) is 1.53. The number of ether oxygens (including phenoxy) is 1. The number of para-hydroxylation sites is 2. The number of methoxy groups -OCH3 is 1.